The first-order valence-electron chi connectivity index (χ1n) is 10.8. The van der Waals surface area contributed by atoms with Crippen LogP contribution in [0.25, 0.3) is 0 Å². The van der Waals surface area contributed by atoms with Crippen LogP contribution in [0.15, 0.2) is 60.8 Å². The molecule has 1 aliphatic carbocycles. The summed E-state index contributed by atoms with van der Waals surface area (Å²) in [5, 5.41) is 0. The molecule has 0 aliphatic heterocycles. The Kier molecular flexibility index (Phi) is 8.11. The lowest BCUT2D eigenvalue weighted by molar-refractivity contribution is 0.404. The molecule has 0 amide bonds. The molecule has 1 rings (SSSR count). The summed E-state index contributed by atoms with van der Waals surface area (Å²) in [7, 11) is 0. The summed E-state index contributed by atoms with van der Waals surface area (Å²) in [4.78, 5) is 0. The molecule has 27 heavy (non-hydrogen) atoms. The molecule has 0 saturated heterocycles. The molecule has 4 unspecified atom stereocenters. The lowest BCUT2D eigenvalue weighted by atomic mass is 9.72. The van der Waals surface area contributed by atoms with Crippen LogP contribution in [0.1, 0.15) is 80.1 Å². The van der Waals surface area contributed by atoms with Crippen LogP contribution in [0, 0.1) is 16.7 Å². The Morgan fingerprint density at radius 1 is 1.19 bits per heavy atom. The van der Waals surface area contributed by atoms with Gasteiger partial charge in [0.25, 0.3) is 0 Å². The predicted molar refractivity (Wildman–Crippen MR) is 123 cm³/mol. The molecular weight excluding hydrogens is 326 g/mol. The van der Waals surface area contributed by atoms with Crippen molar-refractivity contribution in [3.8, 4) is 0 Å². The fraction of sp³-hybridized carbons (Fsp3) is 0.615. The van der Waals surface area contributed by atoms with Crippen molar-refractivity contribution < 1.29 is 0 Å². The number of nitrogens with two attached hydrogens (primary N) is 1. The molecule has 1 fully saturated rings. The minimum atomic E-state index is -0.342. The second kappa shape index (κ2) is 9.24. The van der Waals surface area contributed by atoms with Crippen molar-refractivity contribution in [2.24, 2.45) is 22.5 Å². The number of hydrogen-bond acceptors (Lipinski definition) is 1. The third kappa shape index (κ3) is 4.74. The first kappa shape index (κ1) is 23.7. The van der Waals surface area contributed by atoms with Crippen LogP contribution >= 0.6 is 0 Å². The zero-order chi connectivity index (χ0) is 20.9. The number of rotatable bonds is 12. The summed E-state index contributed by atoms with van der Waals surface area (Å²) in [6.07, 6.45) is 16.2. The molecule has 0 aromatic carbocycles. The molecule has 0 heterocycles. The third-order valence-electron chi connectivity index (χ3n) is 7.02. The van der Waals surface area contributed by atoms with Crippen LogP contribution in [0.5, 0.6) is 0 Å². The van der Waals surface area contributed by atoms with Crippen molar-refractivity contribution in [3.63, 3.8) is 0 Å². The smallest absolute Gasteiger partial charge is 0.0480 e. The van der Waals surface area contributed by atoms with Gasteiger partial charge in [0, 0.05) is 16.4 Å². The standard InChI is InChI=1S/C26H43N/c1-10-13-15-19-24(7,18-14-11-2)21(5)23(12-3)17-16-20(4)25(8)22(6)26(25,9)27/h14,16-18,23H,4-6,10-13,15,19,27H2,1-3,7-9H3/b17-16-,18-14-. The van der Waals surface area contributed by atoms with E-state index in [0.29, 0.717) is 5.92 Å². The van der Waals surface area contributed by atoms with Gasteiger partial charge in [0.15, 0.2) is 0 Å². The highest BCUT2D eigenvalue weighted by molar-refractivity contribution is 5.58. The van der Waals surface area contributed by atoms with E-state index in [1.807, 2.05) is 6.92 Å². The van der Waals surface area contributed by atoms with E-state index >= 15 is 0 Å². The largest absolute Gasteiger partial charge is 0.321 e. The van der Waals surface area contributed by atoms with E-state index in [-0.39, 0.29) is 16.4 Å². The van der Waals surface area contributed by atoms with E-state index in [4.69, 9.17) is 5.73 Å². The van der Waals surface area contributed by atoms with E-state index in [1.165, 1.54) is 24.8 Å². The van der Waals surface area contributed by atoms with Crippen molar-refractivity contribution >= 4 is 0 Å². The van der Waals surface area contributed by atoms with Gasteiger partial charge in [-0.1, -0.05) is 96.6 Å². The molecule has 0 aromatic heterocycles. The quantitative estimate of drug-likeness (QED) is 0.215. The van der Waals surface area contributed by atoms with Gasteiger partial charge in [0.2, 0.25) is 0 Å². The van der Waals surface area contributed by atoms with Crippen LogP contribution in [0.4, 0.5) is 0 Å². The van der Waals surface area contributed by atoms with E-state index in [0.717, 1.165) is 30.4 Å². The normalized spacial score (nSPS) is 28.5. The highest BCUT2D eigenvalue weighted by Gasteiger charge is 2.63. The second-order valence-electron chi connectivity index (χ2n) is 8.92. The molecule has 0 bridgehead atoms. The van der Waals surface area contributed by atoms with Crippen molar-refractivity contribution in [2.75, 3.05) is 0 Å². The molecule has 1 saturated carbocycles. The molecule has 0 spiro atoms. The molecular formula is C26H43N. The van der Waals surface area contributed by atoms with E-state index in [9.17, 15) is 0 Å². The maximum atomic E-state index is 6.36. The van der Waals surface area contributed by atoms with Crippen molar-refractivity contribution in [3.05, 3.63) is 60.8 Å². The molecule has 1 aliphatic rings. The summed E-state index contributed by atoms with van der Waals surface area (Å²) in [6.45, 7) is 26.2. The van der Waals surface area contributed by atoms with Crippen LogP contribution in [-0.4, -0.2) is 5.54 Å². The Morgan fingerprint density at radius 3 is 2.22 bits per heavy atom. The molecule has 1 nitrogen and oxygen atoms in total. The van der Waals surface area contributed by atoms with Crippen molar-refractivity contribution in [2.45, 2.75) is 85.6 Å². The predicted octanol–water partition coefficient (Wildman–Crippen LogP) is 7.53. The minimum absolute atomic E-state index is 0.0486. The Hall–Kier alpha value is -1.34. The van der Waals surface area contributed by atoms with Gasteiger partial charge in [-0.05, 0) is 50.2 Å². The monoisotopic (exact) mass is 369 g/mol. The number of unbranched alkanes of at least 4 members (excludes halogenated alkanes) is 2. The van der Waals surface area contributed by atoms with Gasteiger partial charge in [0.05, 0.1) is 0 Å². The average Bonchev–Trinajstić information content (AvgIpc) is 3.04. The zero-order valence-corrected chi connectivity index (χ0v) is 18.8. The van der Waals surface area contributed by atoms with Gasteiger partial charge < -0.3 is 5.73 Å². The molecule has 1 heteroatoms. The Balaban J connectivity index is 2.97. The van der Waals surface area contributed by atoms with Crippen LogP contribution in [0.2, 0.25) is 0 Å². The van der Waals surface area contributed by atoms with E-state index in [1.54, 1.807) is 0 Å². The zero-order valence-electron chi connectivity index (χ0n) is 18.8. The van der Waals surface area contributed by atoms with Crippen molar-refractivity contribution in [1.82, 2.24) is 0 Å². The van der Waals surface area contributed by atoms with Crippen LogP contribution in [-0.2, 0) is 0 Å². The summed E-state index contributed by atoms with van der Waals surface area (Å²) in [5.41, 5.74) is 9.32. The SMILES string of the molecule is C=C(C(/C=C\C(=C)C1(C)C(=C)C1(C)N)CC)C(C)(/C=C\CC)CCCCC. The summed E-state index contributed by atoms with van der Waals surface area (Å²) in [6, 6.07) is 0. The van der Waals surface area contributed by atoms with E-state index in [2.05, 4.69) is 78.7 Å². The van der Waals surface area contributed by atoms with Gasteiger partial charge in [-0.15, -0.1) is 0 Å². The van der Waals surface area contributed by atoms with Crippen LogP contribution in [0.3, 0.4) is 0 Å². The Bertz CT molecular complexity index is 618. The molecule has 152 valence electrons. The van der Waals surface area contributed by atoms with Crippen molar-refractivity contribution in [1.29, 1.82) is 0 Å². The summed E-state index contributed by atoms with van der Waals surface area (Å²) >= 11 is 0. The van der Waals surface area contributed by atoms with Gasteiger partial charge in [-0.2, -0.15) is 0 Å². The number of hydrogen-bond donors (Lipinski definition) is 1. The lowest BCUT2D eigenvalue weighted by Gasteiger charge is -2.33. The summed E-state index contributed by atoms with van der Waals surface area (Å²) in [5.74, 6) is 0.342. The molecule has 4 atom stereocenters. The second-order valence-corrected chi connectivity index (χ2v) is 8.92. The highest BCUT2D eigenvalue weighted by Crippen LogP contribution is 2.63. The minimum Gasteiger partial charge on any atom is -0.321 e. The van der Waals surface area contributed by atoms with Gasteiger partial charge in [-0.3, -0.25) is 0 Å². The fourth-order valence-electron chi connectivity index (χ4n) is 4.12. The van der Waals surface area contributed by atoms with Gasteiger partial charge in [0.1, 0.15) is 0 Å². The maximum Gasteiger partial charge on any atom is 0.0480 e. The first-order chi connectivity index (χ1) is 12.5. The summed E-state index contributed by atoms with van der Waals surface area (Å²) < 4.78 is 0. The topological polar surface area (TPSA) is 26.0 Å². The molecule has 2 N–H and O–H groups in total. The number of allylic oxidation sites excluding steroid dienone is 5. The van der Waals surface area contributed by atoms with Gasteiger partial charge >= 0.3 is 0 Å². The Morgan fingerprint density at radius 2 is 1.78 bits per heavy atom. The van der Waals surface area contributed by atoms with E-state index < -0.39 is 0 Å². The Labute approximate surface area is 169 Å². The third-order valence-corrected chi connectivity index (χ3v) is 7.02. The molecule has 0 radical (unpaired) electrons. The van der Waals surface area contributed by atoms with Crippen LogP contribution < -0.4 is 5.73 Å². The lowest BCUT2D eigenvalue weighted by Crippen LogP contribution is -2.26. The maximum absolute atomic E-state index is 6.36. The highest BCUT2D eigenvalue weighted by atomic mass is 14.9. The fourth-order valence-corrected chi connectivity index (χ4v) is 4.12. The first-order valence-corrected chi connectivity index (χ1v) is 10.8. The molecule has 0 aromatic rings. The average molecular weight is 370 g/mol. The van der Waals surface area contributed by atoms with Gasteiger partial charge in [-0.25, -0.2) is 0 Å².